The summed E-state index contributed by atoms with van der Waals surface area (Å²) >= 11 is 0. The largest absolute Gasteiger partial charge is 0.573 e. The van der Waals surface area contributed by atoms with Crippen LogP contribution >= 0.6 is 0 Å². The van der Waals surface area contributed by atoms with Gasteiger partial charge in [-0.2, -0.15) is 0 Å². The molecule has 0 amide bonds. The highest BCUT2D eigenvalue weighted by atomic mass is 19.4. The average Bonchev–Trinajstić information content (AvgIpc) is 3.08. The second-order valence-corrected chi connectivity index (χ2v) is 8.02. The van der Waals surface area contributed by atoms with E-state index in [1.807, 2.05) is 18.2 Å². The minimum absolute atomic E-state index is 0.170. The molecule has 0 saturated heterocycles. The Labute approximate surface area is 185 Å². The van der Waals surface area contributed by atoms with Gasteiger partial charge in [0, 0.05) is 12.0 Å². The van der Waals surface area contributed by atoms with Crippen LogP contribution in [0.4, 0.5) is 30.7 Å². The third-order valence-electron chi connectivity index (χ3n) is 5.72. The number of fused-ring (bicyclic) bond motifs is 3. The molecule has 1 aliphatic rings. The first-order valence-electron chi connectivity index (χ1n) is 10.5. The Bertz CT molecular complexity index is 1190. The lowest BCUT2D eigenvalue weighted by Crippen LogP contribution is -2.19. The third kappa shape index (κ3) is 4.56. The zero-order chi connectivity index (χ0) is 23.9. The molecular formula is C25H19F7O. The molecule has 0 bridgehead atoms. The van der Waals surface area contributed by atoms with Gasteiger partial charge >= 0.3 is 6.36 Å². The van der Waals surface area contributed by atoms with Crippen LogP contribution in [0.3, 0.4) is 0 Å². The van der Waals surface area contributed by atoms with E-state index in [2.05, 4.69) is 11.7 Å². The fourth-order valence-electron chi connectivity index (χ4n) is 4.24. The molecule has 8 heteroatoms. The van der Waals surface area contributed by atoms with Crippen LogP contribution in [0, 0.1) is 23.3 Å². The molecule has 0 N–H and O–H groups in total. The van der Waals surface area contributed by atoms with Crippen LogP contribution in [-0.2, 0) is 12.8 Å². The summed E-state index contributed by atoms with van der Waals surface area (Å²) in [4.78, 5) is 0. The van der Waals surface area contributed by atoms with E-state index >= 15 is 4.39 Å². The zero-order valence-electron chi connectivity index (χ0n) is 17.6. The van der Waals surface area contributed by atoms with Gasteiger partial charge in [-0.1, -0.05) is 38.0 Å². The van der Waals surface area contributed by atoms with Crippen molar-refractivity contribution in [3.05, 3.63) is 76.4 Å². The minimum atomic E-state index is -5.32. The Morgan fingerprint density at radius 1 is 0.848 bits per heavy atom. The second kappa shape index (κ2) is 8.72. The number of halogens is 7. The topological polar surface area (TPSA) is 9.23 Å². The number of unbranched alkanes of at least 4 members (excludes halogenated alkanes) is 2. The van der Waals surface area contributed by atoms with Crippen LogP contribution in [0.1, 0.15) is 42.9 Å². The van der Waals surface area contributed by atoms with Crippen molar-refractivity contribution in [3.63, 3.8) is 0 Å². The summed E-state index contributed by atoms with van der Waals surface area (Å²) in [6.07, 6.45) is -1.11. The first-order chi connectivity index (χ1) is 15.6. The molecular weight excluding hydrogens is 449 g/mol. The molecule has 174 valence electrons. The van der Waals surface area contributed by atoms with Crippen molar-refractivity contribution in [1.82, 2.24) is 0 Å². The molecule has 0 aromatic heterocycles. The molecule has 0 saturated carbocycles. The normalized spacial score (nSPS) is 12.6. The van der Waals surface area contributed by atoms with Crippen LogP contribution in [0.25, 0.3) is 22.3 Å². The van der Waals surface area contributed by atoms with Crippen LogP contribution in [0.5, 0.6) is 5.75 Å². The molecule has 33 heavy (non-hydrogen) atoms. The van der Waals surface area contributed by atoms with Gasteiger partial charge in [-0.25, -0.2) is 17.6 Å². The molecule has 0 heterocycles. The van der Waals surface area contributed by atoms with Crippen LogP contribution < -0.4 is 4.74 Å². The van der Waals surface area contributed by atoms with E-state index in [0.717, 1.165) is 42.9 Å². The lowest BCUT2D eigenvalue weighted by atomic mass is 9.96. The summed E-state index contributed by atoms with van der Waals surface area (Å²) in [6, 6.07) is 7.61. The summed E-state index contributed by atoms with van der Waals surface area (Å²) < 4.78 is 99.0. The van der Waals surface area contributed by atoms with Crippen molar-refractivity contribution < 1.29 is 35.5 Å². The molecule has 0 aliphatic heterocycles. The Hall–Kier alpha value is -3.03. The van der Waals surface area contributed by atoms with E-state index in [9.17, 15) is 26.3 Å². The Kier molecular flexibility index (Phi) is 6.12. The smallest absolute Gasteiger partial charge is 0.399 e. The molecule has 0 spiro atoms. The van der Waals surface area contributed by atoms with Gasteiger partial charge in [0.2, 0.25) is 5.75 Å². The van der Waals surface area contributed by atoms with Gasteiger partial charge in [0.1, 0.15) is 11.6 Å². The maximum Gasteiger partial charge on any atom is 0.573 e. The monoisotopic (exact) mass is 468 g/mol. The van der Waals surface area contributed by atoms with Crippen LogP contribution in [0.2, 0.25) is 0 Å². The van der Waals surface area contributed by atoms with Gasteiger partial charge in [0.25, 0.3) is 0 Å². The molecule has 0 radical (unpaired) electrons. The SMILES string of the molecule is CCCCCc1ccc2c(c1)Cc1c-2cc(F)c(-c2cc(F)c(OC(F)(F)F)c(F)c2)c1F. The first kappa shape index (κ1) is 23.1. The predicted octanol–water partition coefficient (Wildman–Crippen LogP) is 8.11. The van der Waals surface area contributed by atoms with E-state index in [1.165, 1.54) is 0 Å². The van der Waals surface area contributed by atoms with Gasteiger partial charge in [0.15, 0.2) is 11.6 Å². The summed E-state index contributed by atoms with van der Waals surface area (Å²) in [5.41, 5.74) is 1.83. The van der Waals surface area contributed by atoms with E-state index in [4.69, 9.17) is 0 Å². The van der Waals surface area contributed by atoms with Crippen LogP contribution in [0.15, 0.2) is 36.4 Å². The molecule has 1 nitrogen and oxygen atoms in total. The fourth-order valence-corrected chi connectivity index (χ4v) is 4.24. The van der Waals surface area contributed by atoms with Crippen molar-refractivity contribution in [2.75, 3.05) is 0 Å². The van der Waals surface area contributed by atoms with Gasteiger partial charge in [-0.05, 0) is 58.9 Å². The van der Waals surface area contributed by atoms with Gasteiger partial charge in [-0.15, -0.1) is 13.2 Å². The molecule has 0 fully saturated rings. The number of benzene rings is 3. The van der Waals surface area contributed by atoms with E-state index in [1.54, 1.807) is 0 Å². The fraction of sp³-hybridized carbons (Fsp3) is 0.280. The van der Waals surface area contributed by atoms with E-state index in [-0.39, 0.29) is 12.0 Å². The maximum absolute atomic E-state index is 15.4. The molecule has 3 aromatic rings. The lowest BCUT2D eigenvalue weighted by molar-refractivity contribution is -0.276. The summed E-state index contributed by atoms with van der Waals surface area (Å²) in [5.74, 6) is -7.20. The summed E-state index contributed by atoms with van der Waals surface area (Å²) in [7, 11) is 0. The molecule has 3 aromatic carbocycles. The second-order valence-electron chi connectivity index (χ2n) is 8.02. The molecule has 0 atom stereocenters. The minimum Gasteiger partial charge on any atom is -0.399 e. The standard InChI is InChI=1S/C25H19F7O/c1-2-3-4-5-13-6-7-16-14(8-13)9-18-17(16)12-19(26)22(23(18)29)15-10-20(27)24(21(28)11-15)33-25(30,31)32/h6-8,10-12H,2-5,9H2,1H3. The number of hydrogen-bond acceptors (Lipinski definition) is 1. The van der Waals surface area contributed by atoms with Gasteiger partial charge in [-0.3, -0.25) is 0 Å². The highest BCUT2D eigenvalue weighted by Gasteiger charge is 2.35. The average molecular weight is 468 g/mol. The maximum atomic E-state index is 15.4. The molecule has 1 aliphatic carbocycles. The lowest BCUT2D eigenvalue weighted by Gasteiger charge is -2.14. The highest BCUT2D eigenvalue weighted by Crippen LogP contribution is 2.43. The van der Waals surface area contributed by atoms with Crippen molar-refractivity contribution in [2.24, 2.45) is 0 Å². The quantitative estimate of drug-likeness (QED) is 0.205. The van der Waals surface area contributed by atoms with Gasteiger partial charge in [0.05, 0.1) is 5.56 Å². The predicted molar refractivity (Wildman–Crippen MR) is 110 cm³/mol. The Balaban J connectivity index is 1.72. The first-order valence-corrected chi connectivity index (χ1v) is 10.5. The summed E-state index contributed by atoms with van der Waals surface area (Å²) in [6.45, 7) is 2.10. The van der Waals surface area contributed by atoms with Crippen molar-refractivity contribution in [3.8, 4) is 28.0 Å². The highest BCUT2D eigenvalue weighted by molar-refractivity contribution is 5.81. The van der Waals surface area contributed by atoms with Gasteiger partial charge < -0.3 is 4.74 Å². The Morgan fingerprint density at radius 2 is 1.55 bits per heavy atom. The number of hydrogen-bond donors (Lipinski definition) is 0. The summed E-state index contributed by atoms with van der Waals surface area (Å²) in [5, 5.41) is 0. The van der Waals surface area contributed by atoms with Crippen molar-refractivity contribution in [2.45, 2.75) is 45.4 Å². The third-order valence-corrected chi connectivity index (χ3v) is 5.72. The number of aryl methyl sites for hydroxylation is 1. The number of rotatable bonds is 6. The Morgan fingerprint density at radius 3 is 2.18 bits per heavy atom. The zero-order valence-corrected chi connectivity index (χ0v) is 17.6. The van der Waals surface area contributed by atoms with Crippen molar-refractivity contribution >= 4 is 0 Å². The molecule has 0 unspecified atom stereocenters. The van der Waals surface area contributed by atoms with Crippen LogP contribution in [-0.4, -0.2) is 6.36 Å². The van der Waals surface area contributed by atoms with E-state index < -0.39 is 46.5 Å². The number of alkyl halides is 3. The number of ether oxygens (including phenoxy) is 1. The van der Waals surface area contributed by atoms with Crippen molar-refractivity contribution in [1.29, 1.82) is 0 Å². The molecule has 4 rings (SSSR count). The van der Waals surface area contributed by atoms with E-state index in [0.29, 0.717) is 23.3 Å².